The van der Waals surface area contributed by atoms with Gasteiger partial charge in [-0.25, -0.2) is 9.13 Å². The Balaban J connectivity index is 4.05. The normalized spacial score (nSPS) is 17.3. The van der Waals surface area contributed by atoms with Gasteiger partial charge in [0.05, 0.1) is 6.61 Å². The molecular formula is C2H7ClO7P2. The average Bonchev–Trinajstić information content (AvgIpc) is 1.78. The van der Waals surface area contributed by atoms with Crippen LogP contribution >= 0.6 is 27.2 Å². The summed E-state index contributed by atoms with van der Waals surface area (Å²) in [5.41, 5.74) is 0. The van der Waals surface area contributed by atoms with E-state index in [1.54, 1.807) is 0 Å². The van der Waals surface area contributed by atoms with E-state index in [1.165, 1.54) is 0 Å². The molecule has 0 saturated carbocycles. The molecule has 0 amide bonds. The van der Waals surface area contributed by atoms with E-state index in [4.69, 9.17) is 26.3 Å². The summed E-state index contributed by atoms with van der Waals surface area (Å²) in [7, 11) is -9.69. The zero-order valence-electron chi connectivity index (χ0n) is 5.66. The van der Waals surface area contributed by atoms with Crippen LogP contribution < -0.4 is 0 Å². The van der Waals surface area contributed by atoms with E-state index in [0.29, 0.717) is 0 Å². The molecule has 12 heavy (non-hydrogen) atoms. The van der Waals surface area contributed by atoms with Gasteiger partial charge in [0.2, 0.25) is 0 Å². The second kappa shape index (κ2) is 4.69. The lowest BCUT2D eigenvalue weighted by Crippen LogP contribution is -1.96. The zero-order chi connectivity index (χ0) is 9.83. The summed E-state index contributed by atoms with van der Waals surface area (Å²) < 4.78 is 28.0. The lowest BCUT2D eigenvalue weighted by atomic mass is 10.9. The lowest BCUT2D eigenvalue weighted by molar-refractivity contribution is 0.185. The van der Waals surface area contributed by atoms with Crippen LogP contribution in [0.15, 0.2) is 0 Å². The number of phosphoric acid groups is 2. The van der Waals surface area contributed by atoms with Crippen molar-refractivity contribution in [1.29, 1.82) is 0 Å². The Morgan fingerprint density at radius 1 is 1.25 bits per heavy atom. The third-order valence-electron chi connectivity index (χ3n) is 0.541. The molecular weight excluding hydrogens is 233 g/mol. The number of phosphoric ester groups is 1. The fourth-order valence-corrected chi connectivity index (χ4v) is 2.08. The van der Waals surface area contributed by atoms with Crippen molar-refractivity contribution in [3.05, 3.63) is 0 Å². The van der Waals surface area contributed by atoms with Gasteiger partial charge in [0.25, 0.3) is 0 Å². The van der Waals surface area contributed by atoms with Crippen LogP contribution in [0.3, 0.4) is 0 Å². The predicted molar refractivity (Wildman–Crippen MR) is 39.6 cm³/mol. The quantitative estimate of drug-likeness (QED) is 0.472. The third kappa shape index (κ3) is 7.21. The molecule has 0 aromatic carbocycles. The summed E-state index contributed by atoms with van der Waals surface area (Å²) in [6, 6.07) is 0. The van der Waals surface area contributed by atoms with E-state index < -0.39 is 15.6 Å². The van der Waals surface area contributed by atoms with E-state index in [9.17, 15) is 9.13 Å². The van der Waals surface area contributed by atoms with Gasteiger partial charge in [-0.05, 0) is 0 Å². The molecule has 0 radical (unpaired) electrons. The van der Waals surface area contributed by atoms with Gasteiger partial charge in [-0.3, -0.25) is 4.52 Å². The Labute approximate surface area is 73.1 Å². The summed E-state index contributed by atoms with van der Waals surface area (Å²) >= 11 is 5.07. The first kappa shape index (κ1) is 12.6. The molecule has 0 spiro atoms. The fourth-order valence-electron chi connectivity index (χ4n) is 0.308. The first-order valence-corrected chi connectivity index (χ1v) is 6.13. The number of hydrogen-bond acceptors (Lipinski definition) is 4. The summed E-state index contributed by atoms with van der Waals surface area (Å²) in [6.07, 6.45) is 0. The Morgan fingerprint density at radius 2 is 1.75 bits per heavy atom. The van der Waals surface area contributed by atoms with Crippen molar-refractivity contribution in [2.45, 2.75) is 0 Å². The van der Waals surface area contributed by atoms with Crippen LogP contribution in [0.2, 0.25) is 0 Å². The third-order valence-corrected chi connectivity index (χ3v) is 2.88. The molecule has 0 bridgehead atoms. The van der Waals surface area contributed by atoms with Crippen molar-refractivity contribution in [3.8, 4) is 0 Å². The van der Waals surface area contributed by atoms with Crippen molar-refractivity contribution in [1.82, 2.24) is 0 Å². The first-order chi connectivity index (χ1) is 5.27. The van der Waals surface area contributed by atoms with Crippen LogP contribution in [0.25, 0.3) is 0 Å². The van der Waals surface area contributed by atoms with Gasteiger partial charge in [0.15, 0.2) is 0 Å². The molecule has 0 fully saturated rings. The number of rotatable bonds is 5. The largest absolute Gasteiger partial charge is 0.481 e. The van der Waals surface area contributed by atoms with E-state index in [0.717, 1.165) is 0 Å². The summed E-state index contributed by atoms with van der Waals surface area (Å²) in [6.45, 7) is -0.338. The van der Waals surface area contributed by atoms with Crippen molar-refractivity contribution in [2.24, 2.45) is 0 Å². The van der Waals surface area contributed by atoms with Gasteiger partial charge >= 0.3 is 15.6 Å². The molecule has 7 nitrogen and oxygen atoms in total. The molecule has 1 atom stereocenters. The van der Waals surface area contributed by atoms with Crippen molar-refractivity contribution in [2.75, 3.05) is 12.5 Å². The lowest BCUT2D eigenvalue weighted by Gasteiger charge is -2.10. The molecule has 3 N–H and O–H groups in total. The Hall–Kier alpha value is 0.550. The van der Waals surface area contributed by atoms with Crippen LogP contribution in [-0.2, 0) is 18.0 Å². The Morgan fingerprint density at radius 3 is 2.08 bits per heavy atom. The van der Waals surface area contributed by atoms with Crippen LogP contribution in [-0.4, -0.2) is 27.2 Å². The molecule has 0 aliphatic rings. The molecule has 0 saturated heterocycles. The maximum atomic E-state index is 10.5. The predicted octanol–water partition coefficient (Wildman–Crippen LogP) is 0.451. The minimum absolute atomic E-state index is 0.0882. The highest BCUT2D eigenvalue weighted by atomic mass is 35.5. The summed E-state index contributed by atoms with van der Waals surface area (Å²) in [4.78, 5) is 24.7. The average molecular weight is 240 g/mol. The van der Waals surface area contributed by atoms with Crippen LogP contribution in [0, 0.1) is 0 Å². The SMILES string of the molecule is O=P(O)(O)OP(=O)(O)OCCCl. The molecule has 0 heterocycles. The fraction of sp³-hybridized carbons (Fsp3) is 1.00. The van der Waals surface area contributed by atoms with Gasteiger partial charge in [-0.2, -0.15) is 4.31 Å². The molecule has 0 aliphatic carbocycles. The highest BCUT2D eigenvalue weighted by Crippen LogP contribution is 2.57. The number of alkyl halides is 1. The minimum Gasteiger partial charge on any atom is -0.302 e. The van der Waals surface area contributed by atoms with Gasteiger partial charge < -0.3 is 14.7 Å². The van der Waals surface area contributed by atoms with E-state index in [2.05, 4.69) is 8.83 Å². The summed E-state index contributed by atoms with van der Waals surface area (Å²) in [5, 5.41) is 0. The van der Waals surface area contributed by atoms with Crippen LogP contribution in [0.1, 0.15) is 0 Å². The zero-order valence-corrected chi connectivity index (χ0v) is 8.21. The first-order valence-electron chi connectivity index (χ1n) is 2.57. The monoisotopic (exact) mass is 240 g/mol. The molecule has 0 rings (SSSR count). The molecule has 0 aromatic heterocycles. The molecule has 10 heteroatoms. The van der Waals surface area contributed by atoms with Crippen LogP contribution in [0.4, 0.5) is 0 Å². The standard InChI is InChI=1S/C2H7ClO7P2/c3-1-2-9-12(7,8)10-11(4,5)6/h1-2H2,(H,7,8)(H2,4,5,6). The van der Waals surface area contributed by atoms with Gasteiger partial charge in [-0.15, -0.1) is 11.6 Å². The van der Waals surface area contributed by atoms with Crippen molar-refractivity contribution in [3.63, 3.8) is 0 Å². The van der Waals surface area contributed by atoms with E-state index >= 15 is 0 Å². The van der Waals surface area contributed by atoms with Crippen LogP contribution in [0.5, 0.6) is 0 Å². The minimum atomic E-state index is -5.01. The number of hydrogen-bond donors (Lipinski definition) is 3. The van der Waals surface area contributed by atoms with E-state index in [1.807, 2.05) is 0 Å². The van der Waals surface area contributed by atoms with Crippen molar-refractivity contribution < 1.29 is 32.6 Å². The van der Waals surface area contributed by atoms with Gasteiger partial charge in [-0.1, -0.05) is 0 Å². The smallest absolute Gasteiger partial charge is 0.302 e. The maximum absolute atomic E-state index is 10.5. The summed E-state index contributed by atoms with van der Waals surface area (Å²) in [5.74, 6) is -0.0882. The van der Waals surface area contributed by atoms with Gasteiger partial charge in [0, 0.05) is 5.88 Å². The molecule has 0 aromatic rings. The van der Waals surface area contributed by atoms with E-state index in [-0.39, 0.29) is 12.5 Å². The Kier molecular flexibility index (Phi) is 4.91. The topological polar surface area (TPSA) is 113 Å². The highest BCUT2D eigenvalue weighted by molar-refractivity contribution is 7.60. The second-order valence-corrected chi connectivity index (χ2v) is 4.77. The molecule has 0 aliphatic heterocycles. The van der Waals surface area contributed by atoms with Crippen molar-refractivity contribution >= 4 is 27.2 Å². The number of halogens is 1. The van der Waals surface area contributed by atoms with Gasteiger partial charge in [0.1, 0.15) is 0 Å². The second-order valence-electron chi connectivity index (χ2n) is 1.56. The maximum Gasteiger partial charge on any atom is 0.481 e. The highest BCUT2D eigenvalue weighted by Gasteiger charge is 2.31. The molecule has 1 unspecified atom stereocenters. The molecule has 74 valence electrons. The Bertz CT molecular complexity index is 221.